The minimum absolute atomic E-state index is 0.0650. The number of benzene rings is 6. The van der Waals surface area contributed by atoms with Crippen LogP contribution in [0.2, 0.25) is 0 Å². The van der Waals surface area contributed by atoms with E-state index in [-0.39, 0.29) is 29.7 Å². The Morgan fingerprint density at radius 2 is 0.657 bits per heavy atom. The summed E-state index contributed by atoms with van der Waals surface area (Å²) < 4.78 is 52.3. The molecule has 108 heavy (non-hydrogen) atoms. The van der Waals surface area contributed by atoms with Crippen molar-refractivity contribution in [3.05, 3.63) is 231 Å². The van der Waals surface area contributed by atoms with Crippen LogP contribution < -0.4 is 28.4 Å². The maximum Gasteiger partial charge on any atom is 0.336 e. The van der Waals surface area contributed by atoms with Crippen molar-refractivity contribution in [1.29, 1.82) is 0 Å². The first kappa shape index (κ1) is 86.9. The standard InChI is InChI=1S/C93H116O15/c1-63(2)88(97)103-54-28-22-19-25-51-100-73-41-31-69(32-42-73)37-48-85(94)106-82-47-40-72(60-79(82)91(10,11)12)66(7)57-78(76-61-80(92(13,14)15)83(58-67(76)8)107-86(95)49-38-70-33-43-74(44-34-70)101-52-26-20-23-29-55-104-89(98)64(3)4)77-62-81(93(16,17)18)84(59-68(77)9)108-87(96)50-39-71-35-45-75(46-36-71)102-53-27-21-24-30-56-105-90(99)65(5)6/h31-50,58-62,66,78H,1,3,5,19-30,51-57H2,2,4,6-18H3/b48-37+,49-38+,50-39+. The third-order valence-electron chi connectivity index (χ3n) is 18.2. The van der Waals surface area contributed by atoms with Gasteiger partial charge in [-0.25, -0.2) is 28.8 Å². The predicted octanol–water partition coefficient (Wildman–Crippen LogP) is 21.6. The quantitative estimate of drug-likeness (QED) is 0.0116. The van der Waals surface area contributed by atoms with Crippen LogP contribution in [0, 0.1) is 13.8 Å². The first-order chi connectivity index (χ1) is 51.2. The van der Waals surface area contributed by atoms with E-state index in [9.17, 15) is 28.8 Å². The van der Waals surface area contributed by atoms with Crippen LogP contribution in [0.4, 0.5) is 0 Å². The number of aryl methyl sites for hydroxylation is 2. The van der Waals surface area contributed by atoms with E-state index in [4.69, 9.17) is 42.6 Å². The van der Waals surface area contributed by atoms with E-state index in [1.165, 1.54) is 18.2 Å². The molecule has 15 nitrogen and oxygen atoms in total. The van der Waals surface area contributed by atoms with Gasteiger partial charge in [-0.05, 0) is 258 Å². The van der Waals surface area contributed by atoms with Gasteiger partial charge in [0.15, 0.2) is 0 Å². The van der Waals surface area contributed by atoms with E-state index in [0.717, 1.165) is 155 Å². The van der Waals surface area contributed by atoms with Gasteiger partial charge in [-0.1, -0.05) is 150 Å². The van der Waals surface area contributed by atoms with E-state index in [0.29, 0.717) is 80.0 Å². The van der Waals surface area contributed by atoms with Gasteiger partial charge < -0.3 is 42.6 Å². The van der Waals surface area contributed by atoms with Gasteiger partial charge in [0.25, 0.3) is 0 Å². The highest BCUT2D eigenvalue weighted by Gasteiger charge is 2.32. The van der Waals surface area contributed by atoms with Gasteiger partial charge in [-0.2, -0.15) is 0 Å². The fourth-order valence-corrected chi connectivity index (χ4v) is 12.0. The Labute approximate surface area is 642 Å². The fourth-order valence-electron chi connectivity index (χ4n) is 12.0. The molecular weight excluding hydrogens is 1360 g/mol. The Morgan fingerprint density at radius 3 is 0.954 bits per heavy atom. The second-order valence-electron chi connectivity index (χ2n) is 31.1. The number of carbonyl (C=O) groups excluding carboxylic acids is 6. The van der Waals surface area contributed by atoms with Gasteiger partial charge in [0.2, 0.25) is 0 Å². The number of hydrogen-bond acceptors (Lipinski definition) is 15. The molecule has 578 valence electrons. The highest BCUT2D eigenvalue weighted by atomic mass is 16.6. The zero-order valence-corrected chi connectivity index (χ0v) is 66.8. The summed E-state index contributed by atoms with van der Waals surface area (Å²) in [5.41, 5.74) is 9.80. The Morgan fingerprint density at radius 1 is 0.370 bits per heavy atom. The molecule has 0 saturated carbocycles. The molecule has 15 heteroatoms. The molecule has 0 radical (unpaired) electrons. The van der Waals surface area contributed by atoms with Crippen LogP contribution in [0.15, 0.2) is 170 Å². The normalized spacial score (nSPS) is 12.1. The lowest BCUT2D eigenvalue weighted by Crippen LogP contribution is -2.20. The number of hydrogen-bond donors (Lipinski definition) is 0. The lowest BCUT2D eigenvalue weighted by Gasteiger charge is -2.31. The van der Waals surface area contributed by atoms with Gasteiger partial charge in [0.1, 0.15) is 34.5 Å². The van der Waals surface area contributed by atoms with E-state index in [2.05, 4.69) is 121 Å². The lowest BCUT2D eigenvalue weighted by atomic mass is 9.74. The summed E-state index contributed by atoms with van der Waals surface area (Å²) in [5.74, 6) is 0.627. The average molecular weight is 1470 g/mol. The monoisotopic (exact) mass is 1470 g/mol. The highest BCUT2D eigenvalue weighted by Crippen LogP contribution is 2.46. The summed E-state index contributed by atoms with van der Waals surface area (Å²) in [6, 6.07) is 37.1. The Hall–Kier alpha value is -10.0. The molecule has 1 unspecified atom stereocenters. The summed E-state index contributed by atoms with van der Waals surface area (Å²) in [6.45, 7) is 43.9. The molecule has 0 heterocycles. The Kier molecular flexibility index (Phi) is 34.2. The summed E-state index contributed by atoms with van der Waals surface area (Å²) in [5, 5.41) is 0. The zero-order valence-electron chi connectivity index (χ0n) is 66.8. The summed E-state index contributed by atoms with van der Waals surface area (Å²) in [4.78, 5) is 76.4. The second kappa shape index (κ2) is 42.5. The molecule has 6 rings (SSSR count). The maximum absolute atomic E-state index is 13.9. The van der Waals surface area contributed by atoms with Crippen molar-refractivity contribution in [2.45, 2.75) is 215 Å². The number of unbranched alkanes of at least 4 members (excludes halogenated alkanes) is 9. The van der Waals surface area contributed by atoms with Gasteiger partial charge >= 0.3 is 35.8 Å². The van der Waals surface area contributed by atoms with E-state index < -0.39 is 34.2 Å². The molecule has 0 aliphatic carbocycles. The molecule has 6 aromatic rings. The molecule has 0 aliphatic heterocycles. The van der Waals surface area contributed by atoms with Crippen LogP contribution in [0.25, 0.3) is 18.2 Å². The fraction of sp³-hybridized carbons (Fsp3) is 0.419. The third-order valence-corrected chi connectivity index (χ3v) is 18.2. The lowest BCUT2D eigenvalue weighted by molar-refractivity contribution is -0.139. The molecular formula is C93H116O15. The first-order valence-corrected chi connectivity index (χ1v) is 38.0. The van der Waals surface area contributed by atoms with Crippen molar-refractivity contribution in [3.63, 3.8) is 0 Å². The number of carbonyl (C=O) groups is 6. The van der Waals surface area contributed by atoms with E-state index in [1.807, 2.05) is 97.1 Å². The molecule has 0 amide bonds. The number of esters is 6. The summed E-state index contributed by atoms with van der Waals surface area (Å²) >= 11 is 0. The Balaban J connectivity index is 1.23. The largest absolute Gasteiger partial charge is 0.494 e. The van der Waals surface area contributed by atoms with E-state index in [1.54, 1.807) is 39.0 Å². The molecule has 1 atom stereocenters. The zero-order chi connectivity index (χ0) is 79.1. The third kappa shape index (κ3) is 29.6. The topological polar surface area (TPSA) is 185 Å². The van der Waals surface area contributed by atoms with Crippen LogP contribution in [-0.4, -0.2) is 75.5 Å². The van der Waals surface area contributed by atoms with Gasteiger partial charge in [-0.15, -0.1) is 0 Å². The number of rotatable bonds is 41. The highest BCUT2D eigenvalue weighted by molar-refractivity contribution is 5.91. The maximum atomic E-state index is 13.9. The minimum Gasteiger partial charge on any atom is -0.494 e. The van der Waals surface area contributed by atoms with Crippen molar-refractivity contribution in [1.82, 2.24) is 0 Å². The van der Waals surface area contributed by atoms with Crippen LogP contribution in [-0.2, 0) is 59.2 Å². The van der Waals surface area contributed by atoms with Crippen LogP contribution in [0.3, 0.4) is 0 Å². The van der Waals surface area contributed by atoms with Gasteiger partial charge in [0.05, 0.1) is 39.6 Å². The first-order valence-electron chi connectivity index (χ1n) is 38.0. The van der Waals surface area contributed by atoms with Crippen molar-refractivity contribution >= 4 is 54.0 Å². The average Bonchev–Trinajstić information content (AvgIpc) is 0.765. The van der Waals surface area contributed by atoms with Crippen molar-refractivity contribution < 1.29 is 71.4 Å². The van der Waals surface area contributed by atoms with Crippen molar-refractivity contribution in [2.75, 3.05) is 39.6 Å². The second-order valence-corrected chi connectivity index (χ2v) is 31.1. The molecule has 0 bridgehead atoms. The Bertz CT molecular complexity index is 3950. The van der Waals surface area contributed by atoms with Gasteiger partial charge in [0, 0.05) is 57.6 Å². The van der Waals surface area contributed by atoms with Crippen molar-refractivity contribution in [3.8, 4) is 34.5 Å². The molecule has 0 N–H and O–H groups in total. The van der Waals surface area contributed by atoms with Crippen LogP contribution >= 0.6 is 0 Å². The smallest absolute Gasteiger partial charge is 0.336 e. The predicted molar refractivity (Wildman–Crippen MR) is 432 cm³/mol. The molecule has 0 aromatic heterocycles. The van der Waals surface area contributed by atoms with E-state index >= 15 is 0 Å². The molecule has 0 saturated heterocycles. The molecule has 0 aliphatic rings. The summed E-state index contributed by atoms with van der Waals surface area (Å²) in [7, 11) is 0. The SMILES string of the molecule is C=C(C)C(=O)OCCCCCCOc1ccc(/C=C/C(=O)Oc2ccc(C(C)CC(c3cc(C(C)(C)C)c(OC(=O)/C=C/c4ccc(OCCCCCCOC(=O)C(=C)C)cc4)cc3C)c3cc(C(C)(C)C)c(OC(=O)/C=C/c4ccc(OCCCCCCOC(=O)C(=C)C)cc4)cc3C)cc2C(C)(C)C)cc1. The van der Waals surface area contributed by atoms with Crippen LogP contribution in [0.1, 0.15) is 247 Å². The minimum atomic E-state index is -0.521. The van der Waals surface area contributed by atoms with Gasteiger partial charge in [-0.3, -0.25) is 0 Å². The van der Waals surface area contributed by atoms with Crippen molar-refractivity contribution in [2.24, 2.45) is 0 Å². The molecule has 6 aromatic carbocycles. The summed E-state index contributed by atoms with van der Waals surface area (Å²) in [6.07, 6.45) is 20.6. The molecule has 0 spiro atoms. The number of ether oxygens (including phenoxy) is 9. The molecule has 0 fully saturated rings. The van der Waals surface area contributed by atoms with Crippen LogP contribution in [0.5, 0.6) is 34.5 Å².